The van der Waals surface area contributed by atoms with E-state index < -0.39 is 22.0 Å². The molecule has 4 N–H and O–H groups in total. The van der Waals surface area contributed by atoms with Gasteiger partial charge >= 0.3 is 5.97 Å². The van der Waals surface area contributed by atoms with Crippen LogP contribution in [0.5, 0.6) is 0 Å². The van der Waals surface area contributed by atoms with Gasteiger partial charge in [-0.2, -0.15) is 4.72 Å². The van der Waals surface area contributed by atoms with Crippen LogP contribution in [-0.4, -0.2) is 74.1 Å². The number of fused-ring (bicyclic) bond motifs is 1. The fourth-order valence-electron chi connectivity index (χ4n) is 5.27. The van der Waals surface area contributed by atoms with Crippen LogP contribution < -0.4 is 15.4 Å². The summed E-state index contributed by atoms with van der Waals surface area (Å²) in [6.07, 6.45) is 4.00. The minimum Gasteiger partial charge on any atom is -0.480 e. The highest BCUT2D eigenvalue weighted by molar-refractivity contribution is 7.89. The Balaban J connectivity index is 1.22. The van der Waals surface area contributed by atoms with Gasteiger partial charge in [0.2, 0.25) is 15.9 Å². The van der Waals surface area contributed by atoms with Gasteiger partial charge < -0.3 is 20.6 Å². The fraction of sp³-hybridized carbons (Fsp3) is 0.519. The van der Waals surface area contributed by atoms with Crippen molar-refractivity contribution in [3.63, 3.8) is 0 Å². The van der Waals surface area contributed by atoms with Crippen molar-refractivity contribution in [2.45, 2.75) is 57.4 Å². The number of carbonyl (C=O) groups is 2. The summed E-state index contributed by atoms with van der Waals surface area (Å²) in [5.41, 5.74) is 4.33. The van der Waals surface area contributed by atoms with Gasteiger partial charge in [-0.1, -0.05) is 23.8 Å². The van der Waals surface area contributed by atoms with Gasteiger partial charge in [0.15, 0.2) is 0 Å². The number of rotatable bonds is 11. The van der Waals surface area contributed by atoms with Crippen LogP contribution in [0.3, 0.4) is 0 Å². The number of aromatic nitrogens is 1. The molecule has 0 saturated carbocycles. The third-order valence-electron chi connectivity index (χ3n) is 7.14. The second kappa shape index (κ2) is 11.8. The quantitative estimate of drug-likeness (QED) is 0.336. The molecule has 38 heavy (non-hydrogen) atoms. The average Bonchev–Trinajstić information content (AvgIpc) is 2.81. The average molecular weight is 544 g/mol. The first-order chi connectivity index (χ1) is 18.0. The van der Waals surface area contributed by atoms with E-state index in [1.54, 1.807) is 26.0 Å². The lowest BCUT2D eigenvalue weighted by atomic mass is 9.98. The third-order valence-corrected chi connectivity index (χ3v) is 8.91. The van der Waals surface area contributed by atoms with E-state index in [0.717, 1.165) is 55.8 Å². The zero-order valence-corrected chi connectivity index (χ0v) is 23.0. The summed E-state index contributed by atoms with van der Waals surface area (Å²) < 4.78 is 28.2. The maximum Gasteiger partial charge on any atom is 0.323 e. The van der Waals surface area contributed by atoms with E-state index in [9.17, 15) is 23.1 Å². The van der Waals surface area contributed by atoms with Crippen molar-refractivity contribution in [2.75, 3.05) is 38.0 Å². The number of nitrogens with one attached hydrogen (secondary N) is 3. The van der Waals surface area contributed by atoms with Gasteiger partial charge in [-0.3, -0.25) is 9.59 Å². The molecule has 1 atom stereocenters. The number of carbonyl (C=O) groups excluding carboxylic acids is 1. The van der Waals surface area contributed by atoms with E-state index in [4.69, 9.17) is 4.98 Å². The third kappa shape index (κ3) is 6.69. The summed E-state index contributed by atoms with van der Waals surface area (Å²) in [6.45, 7) is 7.89. The predicted molar refractivity (Wildman–Crippen MR) is 145 cm³/mol. The Morgan fingerprint density at radius 2 is 1.89 bits per heavy atom. The zero-order valence-electron chi connectivity index (χ0n) is 22.2. The van der Waals surface area contributed by atoms with E-state index >= 15 is 0 Å². The topological polar surface area (TPSA) is 141 Å². The maximum atomic E-state index is 13.0. The van der Waals surface area contributed by atoms with Crippen molar-refractivity contribution in [2.24, 2.45) is 5.92 Å². The molecule has 2 aromatic rings. The molecule has 1 saturated heterocycles. The Morgan fingerprint density at radius 3 is 2.58 bits per heavy atom. The Morgan fingerprint density at radius 1 is 1.18 bits per heavy atom. The number of hydrogen-bond donors (Lipinski definition) is 4. The van der Waals surface area contributed by atoms with Gasteiger partial charge in [0.25, 0.3) is 0 Å². The molecular formula is C27H37N5O5S. The van der Waals surface area contributed by atoms with Crippen LogP contribution >= 0.6 is 0 Å². The first-order valence-electron chi connectivity index (χ1n) is 13.1. The predicted octanol–water partition coefficient (Wildman–Crippen LogP) is 1.78. The minimum atomic E-state index is -4.09. The van der Waals surface area contributed by atoms with Gasteiger partial charge in [-0.15, -0.1) is 0 Å². The van der Waals surface area contributed by atoms with Crippen molar-refractivity contribution in [1.29, 1.82) is 0 Å². The Labute approximate surface area is 224 Å². The summed E-state index contributed by atoms with van der Waals surface area (Å²) in [4.78, 5) is 31.3. The minimum absolute atomic E-state index is 0.0668. The molecule has 1 fully saturated rings. The first-order valence-corrected chi connectivity index (χ1v) is 14.6. The Kier molecular flexibility index (Phi) is 8.69. The highest BCUT2D eigenvalue weighted by Gasteiger charge is 2.34. The van der Waals surface area contributed by atoms with E-state index in [1.807, 2.05) is 6.92 Å². The van der Waals surface area contributed by atoms with Crippen molar-refractivity contribution in [3.8, 4) is 0 Å². The molecule has 10 nitrogen and oxygen atoms in total. The Hall–Kier alpha value is -3.02. The lowest BCUT2D eigenvalue weighted by molar-refractivity contribution is -0.139. The summed E-state index contributed by atoms with van der Waals surface area (Å²) in [5.74, 6) is -0.858. The zero-order chi connectivity index (χ0) is 27.4. The number of pyridine rings is 1. The lowest BCUT2D eigenvalue weighted by Gasteiger charge is -2.38. The monoisotopic (exact) mass is 543 g/mol. The molecule has 11 heteroatoms. The molecule has 1 aromatic carbocycles. The van der Waals surface area contributed by atoms with Crippen molar-refractivity contribution in [3.05, 3.63) is 52.2 Å². The molecule has 2 aliphatic rings. The number of hydrogen-bond acceptors (Lipinski definition) is 7. The number of anilines is 1. The number of benzene rings is 1. The number of carboxylic acids is 1. The summed E-state index contributed by atoms with van der Waals surface area (Å²) in [7, 11) is -4.09. The first kappa shape index (κ1) is 28.0. The number of aryl methyl sites for hydroxylation is 5. The Bertz CT molecular complexity index is 1280. The molecule has 0 spiro atoms. The molecule has 0 aliphatic carbocycles. The molecule has 4 rings (SSSR count). The number of aliphatic carboxylic acids is 1. The molecule has 0 unspecified atom stereocenters. The second-order valence-corrected chi connectivity index (χ2v) is 12.0. The maximum absolute atomic E-state index is 13.0. The van der Waals surface area contributed by atoms with Crippen LogP contribution in [0.2, 0.25) is 0 Å². The normalized spacial score (nSPS) is 16.7. The van der Waals surface area contributed by atoms with E-state index in [2.05, 4.69) is 32.4 Å². The molecule has 1 aromatic heterocycles. The molecule has 3 heterocycles. The van der Waals surface area contributed by atoms with Gasteiger partial charge in [0.05, 0.1) is 10.8 Å². The standard InChI is InChI=1S/C27H37N5O5S/c1-17-12-18(2)24(19(3)13-17)38(36,37)31-23(27(34)35)14-29-26(33)21-15-32(16-21)11-5-7-22-9-8-20-6-4-10-28-25(20)30-22/h8-9,12-13,21,23,31H,4-7,10-11,14-16H2,1-3H3,(H,28,30)(H,29,33)(H,34,35)/t23-/m0/s1. The van der Waals surface area contributed by atoms with E-state index in [1.165, 1.54) is 5.56 Å². The molecule has 1 amide bonds. The summed E-state index contributed by atoms with van der Waals surface area (Å²) in [6, 6.07) is 6.25. The van der Waals surface area contributed by atoms with Crippen molar-refractivity contribution < 1.29 is 23.1 Å². The van der Waals surface area contributed by atoms with E-state index in [-0.39, 0.29) is 23.3 Å². The highest BCUT2D eigenvalue weighted by Crippen LogP contribution is 2.23. The second-order valence-electron chi connectivity index (χ2n) is 10.4. The van der Waals surface area contributed by atoms with Gasteiger partial charge in [-0.25, -0.2) is 13.4 Å². The van der Waals surface area contributed by atoms with Crippen LogP contribution in [0.25, 0.3) is 0 Å². The van der Waals surface area contributed by atoms with Crippen molar-refractivity contribution in [1.82, 2.24) is 19.9 Å². The lowest BCUT2D eigenvalue weighted by Crippen LogP contribution is -2.56. The fourth-order valence-corrected chi connectivity index (χ4v) is 6.92. The number of amides is 1. The molecule has 0 radical (unpaired) electrons. The summed E-state index contributed by atoms with van der Waals surface area (Å²) in [5, 5.41) is 15.6. The number of nitrogens with zero attached hydrogens (tertiary/aromatic N) is 2. The smallest absolute Gasteiger partial charge is 0.323 e. The number of sulfonamides is 1. The SMILES string of the molecule is Cc1cc(C)c(S(=O)(=O)N[C@@H](CNC(=O)C2CN(CCCc3ccc4c(n3)NCCC4)C2)C(=O)O)c(C)c1. The molecule has 2 aliphatic heterocycles. The van der Waals surface area contributed by atoms with Gasteiger partial charge in [-0.05, 0) is 75.8 Å². The molecular weight excluding hydrogens is 506 g/mol. The number of likely N-dealkylation sites (tertiary alicyclic amines) is 1. The largest absolute Gasteiger partial charge is 0.480 e. The number of carboxylic acid groups (broad SMARTS) is 1. The van der Waals surface area contributed by atoms with Gasteiger partial charge in [0, 0.05) is 31.9 Å². The van der Waals surface area contributed by atoms with Crippen molar-refractivity contribution >= 4 is 27.7 Å². The van der Waals surface area contributed by atoms with Crippen LogP contribution in [0.15, 0.2) is 29.2 Å². The van der Waals surface area contributed by atoms with Crippen LogP contribution in [-0.2, 0) is 32.5 Å². The highest BCUT2D eigenvalue weighted by atomic mass is 32.2. The molecule has 0 bridgehead atoms. The molecule has 206 valence electrons. The van der Waals surface area contributed by atoms with Crippen LogP contribution in [0.4, 0.5) is 5.82 Å². The van der Waals surface area contributed by atoms with Crippen LogP contribution in [0.1, 0.15) is 40.8 Å². The van der Waals surface area contributed by atoms with Gasteiger partial charge in [0.1, 0.15) is 11.9 Å². The van der Waals surface area contributed by atoms with E-state index in [0.29, 0.717) is 24.2 Å². The summed E-state index contributed by atoms with van der Waals surface area (Å²) >= 11 is 0. The van der Waals surface area contributed by atoms with Crippen LogP contribution in [0, 0.1) is 26.7 Å².